The number of thioether (sulfide) groups is 1. The molecule has 180 valence electrons. The third kappa shape index (κ3) is 6.83. The van der Waals surface area contributed by atoms with Crippen molar-refractivity contribution in [3.63, 3.8) is 0 Å². The van der Waals surface area contributed by atoms with Gasteiger partial charge in [0.05, 0.1) is 18.7 Å². The molecule has 33 heavy (non-hydrogen) atoms. The number of nitrogens with one attached hydrogen (secondary N) is 3. The van der Waals surface area contributed by atoms with E-state index in [0.29, 0.717) is 22.9 Å². The van der Waals surface area contributed by atoms with Crippen molar-refractivity contribution in [2.45, 2.75) is 61.8 Å². The molecule has 0 saturated carbocycles. The van der Waals surface area contributed by atoms with E-state index in [2.05, 4.69) is 16.0 Å². The van der Waals surface area contributed by atoms with Gasteiger partial charge >= 0.3 is 18.0 Å². The maximum absolute atomic E-state index is 12.3. The van der Waals surface area contributed by atoms with Gasteiger partial charge in [0.2, 0.25) is 5.91 Å². The molecule has 0 unspecified atom stereocenters. The molecule has 2 saturated heterocycles. The summed E-state index contributed by atoms with van der Waals surface area (Å²) in [5, 5.41) is 27.1. The lowest BCUT2D eigenvalue weighted by atomic mass is 10.0. The lowest BCUT2D eigenvalue weighted by molar-refractivity contribution is -0.159. The minimum absolute atomic E-state index is 0.106. The summed E-state index contributed by atoms with van der Waals surface area (Å²) in [7, 11) is 0. The Morgan fingerprint density at radius 2 is 2.00 bits per heavy atom. The molecule has 0 radical (unpaired) electrons. The first kappa shape index (κ1) is 24.8. The van der Waals surface area contributed by atoms with Gasteiger partial charge < -0.3 is 36.6 Å². The Bertz CT molecular complexity index is 899. The van der Waals surface area contributed by atoms with E-state index < -0.39 is 24.1 Å². The molecule has 2 fully saturated rings. The molecule has 12 heteroatoms. The fourth-order valence-corrected chi connectivity index (χ4v) is 5.42. The zero-order valence-electron chi connectivity index (χ0n) is 17.9. The van der Waals surface area contributed by atoms with Crippen LogP contribution in [-0.4, -0.2) is 69.3 Å². The van der Waals surface area contributed by atoms with Gasteiger partial charge in [-0.1, -0.05) is 18.6 Å². The van der Waals surface area contributed by atoms with E-state index in [1.807, 2.05) is 11.8 Å². The monoisotopic (exact) mass is 480 g/mol. The molecule has 11 nitrogen and oxygen atoms in total. The van der Waals surface area contributed by atoms with E-state index in [1.54, 1.807) is 24.3 Å². The van der Waals surface area contributed by atoms with Crippen molar-refractivity contribution in [1.82, 2.24) is 10.6 Å². The van der Waals surface area contributed by atoms with E-state index in [4.69, 9.17) is 20.7 Å². The van der Waals surface area contributed by atoms with Gasteiger partial charge in [-0.05, 0) is 30.5 Å². The van der Waals surface area contributed by atoms with Crippen LogP contribution < -0.4 is 21.7 Å². The Balaban J connectivity index is 1.40. The van der Waals surface area contributed by atoms with Crippen LogP contribution in [0.25, 0.3) is 0 Å². The summed E-state index contributed by atoms with van der Waals surface area (Å²) in [4.78, 5) is 45.9. The number of ether oxygens (including phenoxy) is 1. The van der Waals surface area contributed by atoms with E-state index >= 15 is 0 Å². The normalized spacial score (nSPS) is 23.2. The van der Waals surface area contributed by atoms with Crippen molar-refractivity contribution in [3.8, 4) is 0 Å². The van der Waals surface area contributed by atoms with E-state index in [1.165, 1.54) is 0 Å². The highest BCUT2D eigenvalue weighted by Gasteiger charge is 2.42. The number of carboxylic acid groups (broad SMARTS) is 2. The molecule has 2 aliphatic rings. The average Bonchev–Trinajstić information content (AvgIpc) is 3.30. The molecular formula is C21H28N4O7S. The predicted octanol–water partition coefficient (Wildman–Crippen LogP) is 0.733. The standard InChI is InChI=1S/C21H28N4O7S/c22-16(19(27)28)18(20(29)30)32-9-11-4-3-5-12(8-11)23-15(26)7-2-1-6-14-17-13(10-33-14)24-21(31)25-17/h3-5,8,13-14,16-18H,1-2,6-7,9-10,22H2,(H,23,26)(H,27,28)(H,29,30)(H2,24,25,31)/t13-,14-,16-,17-,18-/m0/s1. The van der Waals surface area contributed by atoms with Gasteiger partial charge in [0.15, 0.2) is 6.10 Å². The number of anilines is 1. The van der Waals surface area contributed by atoms with Gasteiger partial charge in [-0.2, -0.15) is 11.8 Å². The number of rotatable bonds is 12. The first-order valence-corrected chi connectivity index (χ1v) is 11.7. The molecule has 1 aromatic carbocycles. The molecular weight excluding hydrogens is 452 g/mol. The van der Waals surface area contributed by atoms with Crippen molar-refractivity contribution in [2.24, 2.45) is 5.73 Å². The fourth-order valence-electron chi connectivity index (χ4n) is 3.88. The number of fused-ring (bicyclic) bond motifs is 1. The predicted molar refractivity (Wildman–Crippen MR) is 121 cm³/mol. The minimum atomic E-state index is -1.69. The van der Waals surface area contributed by atoms with Crippen molar-refractivity contribution in [3.05, 3.63) is 29.8 Å². The number of benzene rings is 1. The Kier molecular flexibility index (Phi) is 8.53. The van der Waals surface area contributed by atoms with Crippen molar-refractivity contribution in [1.29, 1.82) is 0 Å². The van der Waals surface area contributed by atoms with Gasteiger partial charge in [0.1, 0.15) is 6.04 Å². The van der Waals surface area contributed by atoms with Gasteiger partial charge in [0.25, 0.3) is 0 Å². The number of nitrogens with two attached hydrogens (primary N) is 1. The van der Waals surface area contributed by atoms with E-state index in [-0.39, 0.29) is 30.6 Å². The zero-order chi connectivity index (χ0) is 24.0. The van der Waals surface area contributed by atoms with Gasteiger partial charge in [-0.25, -0.2) is 9.59 Å². The Morgan fingerprint density at radius 1 is 1.21 bits per heavy atom. The summed E-state index contributed by atoms with van der Waals surface area (Å²) in [5.41, 5.74) is 6.46. The second kappa shape index (κ2) is 11.3. The van der Waals surface area contributed by atoms with Crippen LogP contribution in [0.15, 0.2) is 24.3 Å². The van der Waals surface area contributed by atoms with Crippen molar-refractivity contribution >= 4 is 41.3 Å². The number of carbonyl (C=O) groups excluding carboxylic acids is 2. The highest BCUT2D eigenvalue weighted by atomic mass is 32.2. The maximum atomic E-state index is 12.3. The number of carbonyl (C=O) groups is 4. The molecule has 3 amide bonds. The molecule has 2 heterocycles. The molecule has 5 atom stereocenters. The number of aliphatic carboxylic acids is 2. The largest absolute Gasteiger partial charge is 0.480 e. The maximum Gasteiger partial charge on any atom is 0.335 e. The highest BCUT2D eigenvalue weighted by Crippen LogP contribution is 2.33. The summed E-state index contributed by atoms with van der Waals surface area (Å²) < 4.78 is 5.19. The number of unbranched alkanes of at least 4 members (excludes halogenated alkanes) is 1. The molecule has 7 N–H and O–H groups in total. The van der Waals surface area contributed by atoms with Crippen LogP contribution >= 0.6 is 11.8 Å². The fraction of sp³-hybridized carbons (Fsp3) is 0.524. The first-order valence-electron chi connectivity index (χ1n) is 10.6. The molecule has 0 aliphatic carbocycles. The molecule has 0 spiro atoms. The van der Waals surface area contributed by atoms with Crippen LogP contribution in [0.5, 0.6) is 0 Å². The lowest BCUT2D eigenvalue weighted by Crippen LogP contribution is -2.47. The molecule has 0 bridgehead atoms. The number of carboxylic acids is 2. The number of urea groups is 1. The quantitative estimate of drug-likeness (QED) is 0.186. The zero-order valence-corrected chi connectivity index (χ0v) is 18.7. The minimum Gasteiger partial charge on any atom is -0.480 e. The Morgan fingerprint density at radius 3 is 2.73 bits per heavy atom. The second-order valence-corrected chi connectivity index (χ2v) is 9.32. The second-order valence-electron chi connectivity index (χ2n) is 8.05. The smallest absolute Gasteiger partial charge is 0.335 e. The van der Waals surface area contributed by atoms with Crippen LogP contribution in [0, 0.1) is 0 Å². The summed E-state index contributed by atoms with van der Waals surface area (Å²) in [6, 6.07) is 5.23. The summed E-state index contributed by atoms with van der Waals surface area (Å²) >= 11 is 1.84. The average molecular weight is 481 g/mol. The van der Waals surface area contributed by atoms with Crippen LogP contribution in [0.1, 0.15) is 31.2 Å². The summed E-state index contributed by atoms with van der Waals surface area (Å²) in [6.07, 6.45) is 1.18. The number of hydrogen-bond donors (Lipinski definition) is 6. The van der Waals surface area contributed by atoms with E-state index in [9.17, 15) is 19.2 Å². The van der Waals surface area contributed by atoms with Crippen molar-refractivity contribution < 1.29 is 34.1 Å². The van der Waals surface area contributed by atoms with Crippen LogP contribution in [0.3, 0.4) is 0 Å². The number of hydrogen-bond acceptors (Lipinski definition) is 7. The topological polar surface area (TPSA) is 180 Å². The van der Waals surface area contributed by atoms with Crippen LogP contribution in [0.2, 0.25) is 0 Å². The molecule has 2 aliphatic heterocycles. The SMILES string of the molecule is N[C@H](C(=O)O)[C@H](OCc1cccc(NC(=O)CCCC[C@@H]2SC[C@@H]3NC(=O)N[C@@H]32)c1)C(=O)O. The van der Waals surface area contributed by atoms with Crippen molar-refractivity contribution in [2.75, 3.05) is 11.1 Å². The van der Waals surface area contributed by atoms with Gasteiger partial charge in [-0.15, -0.1) is 0 Å². The summed E-state index contributed by atoms with van der Waals surface area (Å²) in [6.45, 7) is -0.172. The molecule has 0 aromatic heterocycles. The Hall–Kier alpha value is -2.83. The number of amides is 3. The Labute approximate surface area is 194 Å². The summed E-state index contributed by atoms with van der Waals surface area (Å²) in [5.74, 6) is -2.17. The van der Waals surface area contributed by atoms with Crippen LogP contribution in [0.4, 0.5) is 10.5 Å². The third-order valence-electron chi connectivity index (χ3n) is 5.58. The third-order valence-corrected chi connectivity index (χ3v) is 7.08. The van der Waals surface area contributed by atoms with E-state index in [0.717, 1.165) is 25.0 Å². The van der Waals surface area contributed by atoms with Crippen LogP contribution in [-0.2, 0) is 25.7 Å². The lowest BCUT2D eigenvalue weighted by Gasteiger charge is -2.17. The van der Waals surface area contributed by atoms with Gasteiger partial charge in [0, 0.05) is 23.1 Å². The molecule has 1 aromatic rings. The first-order chi connectivity index (χ1) is 15.7. The highest BCUT2D eigenvalue weighted by molar-refractivity contribution is 8.00. The molecule has 3 rings (SSSR count). The van der Waals surface area contributed by atoms with Gasteiger partial charge in [-0.3, -0.25) is 9.59 Å².